The largest absolute Gasteiger partial charge is 0.480 e. The number of carbonyl (C=O) groups excluding carboxylic acids is 2. The maximum absolute atomic E-state index is 12.7. The molecule has 0 aromatic heterocycles. The van der Waals surface area contributed by atoms with Gasteiger partial charge in [0.2, 0.25) is 5.91 Å². The zero-order valence-corrected chi connectivity index (χ0v) is 14.5. The van der Waals surface area contributed by atoms with Gasteiger partial charge in [-0.15, -0.1) is 0 Å². The first-order chi connectivity index (χ1) is 12.5. The molecule has 26 heavy (non-hydrogen) atoms. The van der Waals surface area contributed by atoms with Gasteiger partial charge in [0, 0.05) is 5.92 Å². The Labute approximate surface area is 151 Å². The van der Waals surface area contributed by atoms with Crippen molar-refractivity contribution in [1.82, 2.24) is 10.2 Å². The molecule has 4 atom stereocenters. The molecule has 0 spiro atoms. The Morgan fingerprint density at radius 3 is 2.73 bits per heavy atom. The van der Waals surface area contributed by atoms with Crippen molar-refractivity contribution in [2.45, 2.75) is 38.1 Å². The Balaban J connectivity index is 1.57. The molecule has 2 saturated heterocycles. The third-order valence-electron chi connectivity index (χ3n) is 4.84. The van der Waals surface area contributed by atoms with E-state index in [-0.39, 0.29) is 18.6 Å². The minimum atomic E-state index is -1.04. The average molecular weight is 362 g/mol. The van der Waals surface area contributed by atoms with Gasteiger partial charge in [-0.1, -0.05) is 30.3 Å². The van der Waals surface area contributed by atoms with E-state index in [2.05, 4.69) is 5.32 Å². The number of nitrogens with zero attached hydrogens (tertiary/aromatic N) is 1. The quantitative estimate of drug-likeness (QED) is 0.810. The fourth-order valence-corrected chi connectivity index (χ4v) is 3.52. The molecule has 0 radical (unpaired) electrons. The number of carbonyl (C=O) groups is 3. The summed E-state index contributed by atoms with van der Waals surface area (Å²) >= 11 is 0. The van der Waals surface area contributed by atoms with Crippen molar-refractivity contribution in [1.29, 1.82) is 0 Å². The van der Waals surface area contributed by atoms with Gasteiger partial charge >= 0.3 is 12.1 Å². The van der Waals surface area contributed by atoms with Gasteiger partial charge in [0.05, 0.1) is 19.3 Å². The molecule has 3 rings (SSSR count). The summed E-state index contributed by atoms with van der Waals surface area (Å²) in [5.41, 5.74) is 0.832. The first kappa shape index (κ1) is 18.2. The number of benzene rings is 1. The lowest BCUT2D eigenvalue weighted by molar-refractivity contribution is -0.150. The highest BCUT2D eigenvalue weighted by molar-refractivity contribution is 5.90. The molecule has 8 nitrogen and oxygen atoms in total. The zero-order chi connectivity index (χ0) is 18.7. The number of carboxylic acids is 1. The Hall–Kier alpha value is -2.61. The van der Waals surface area contributed by atoms with Gasteiger partial charge in [0.1, 0.15) is 18.7 Å². The molecular weight excluding hydrogens is 340 g/mol. The molecule has 0 aliphatic carbocycles. The number of likely N-dealkylation sites (tertiary alicyclic amines) is 1. The Morgan fingerprint density at radius 2 is 2.04 bits per heavy atom. The fourth-order valence-electron chi connectivity index (χ4n) is 3.52. The van der Waals surface area contributed by atoms with Crippen LogP contribution in [-0.4, -0.2) is 59.3 Å². The predicted molar refractivity (Wildman–Crippen MR) is 90.2 cm³/mol. The van der Waals surface area contributed by atoms with E-state index in [9.17, 15) is 19.5 Å². The second-order valence-electron chi connectivity index (χ2n) is 6.63. The van der Waals surface area contributed by atoms with Crippen molar-refractivity contribution in [3.63, 3.8) is 0 Å². The summed E-state index contributed by atoms with van der Waals surface area (Å²) in [6.45, 7) is 2.40. The van der Waals surface area contributed by atoms with Crippen LogP contribution >= 0.6 is 0 Å². The summed E-state index contributed by atoms with van der Waals surface area (Å²) in [5.74, 6) is -1.45. The van der Waals surface area contributed by atoms with E-state index >= 15 is 0 Å². The highest BCUT2D eigenvalue weighted by Gasteiger charge is 2.50. The second-order valence-corrected chi connectivity index (χ2v) is 6.63. The second kappa shape index (κ2) is 7.74. The number of rotatable bonds is 5. The van der Waals surface area contributed by atoms with Crippen LogP contribution in [0.1, 0.15) is 18.9 Å². The minimum absolute atomic E-state index is 0.0253. The van der Waals surface area contributed by atoms with Crippen LogP contribution in [0.3, 0.4) is 0 Å². The van der Waals surface area contributed by atoms with Crippen LogP contribution in [0.2, 0.25) is 0 Å². The van der Waals surface area contributed by atoms with Crippen molar-refractivity contribution in [2.24, 2.45) is 5.92 Å². The van der Waals surface area contributed by atoms with Crippen molar-refractivity contribution >= 4 is 18.0 Å². The van der Waals surface area contributed by atoms with Crippen LogP contribution in [0.5, 0.6) is 0 Å². The third kappa shape index (κ3) is 3.80. The fraction of sp³-hybridized carbons (Fsp3) is 0.500. The first-order valence-corrected chi connectivity index (χ1v) is 8.57. The Kier molecular flexibility index (Phi) is 5.41. The molecule has 2 N–H and O–H groups in total. The molecule has 2 aliphatic rings. The molecule has 2 amide bonds. The third-order valence-corrected chi connectivity index (χ3v) is 4.84. The lowest BCUT2D eigenvalue weighted by Crippen LogP contribution is -2.53. The molecule has 1 aromatic carbocycles. The van der Waals surface area contributed by atoms with E-state index in [1.54, 1.807) is 0 Å². The monoisotopic (exact) mass is 362 g/mol. The van der Waals surface area contributed by atoms with Gasteiger partial charge in [0.15, 0.2) is 0 Å². The molecule has 2 aliphatic heterocycles. The highest BCUT2D eigenvalue weighted by atomic mass is 16.5. The molecule has 2 fully saturated rings. The minimum Gasteiger partial charge on any atom is -0.480 e. The van der Waals surface area contributed by atoms with Gasteiger partial charge in [0.25, 0.3) is 0 Å². The smallest absolute Gasteiger partial charge is 0.408 e. The van der Waals surface area contributed by atoms with Gasteiger partial charge in [-0.05, 0) is 18.9 Å². The molecule has 0 saturated carbocycles. The molecular formula is C18H22N2O6. The topological polar surface area (TPSA) is 105 Å². The van der Waals surface area contributed by atoms with E-state index in [1.165, 1.54) is 11.8 Å². The average Bonchev–Trinajstić information content (AvgIpc) is 3.21. The number of alkyl carbamates (subject to hydrolysis) is 1. The molecule has 140 valence electrons. The van der Waals surface area contributed by atoms with Crippen molar-refractivity contribution < 1.29 is 29.0 Å². The summed E-state index contributed by atoms with van der Waals surface area (Å²) in [7, 11) is 0. The van der Waals surface area contributed by atoms with Crippen LogP contribution in [-0.2, 0) is 25.7 Å². The lowest BCUT2D eigenvalue weighted by Gasteiger charge is -2.29. The van der Waals surface area contributed by atoms with Crippen molar-refractivity contribution in [3.05, 3.63) is 35.9 Å². The molecule has 1 aromatic rings. The number of fused-ring (bicyclic) bond motifs is 1. The summed E-state index contributed by atoms with van der Waals surface area (Å²) in [4.78, 5) is 37.5. The number of hydrogen-bond acceptors (Lipinski definition) is 5. The van der Waals surface area contributed by atoms with E-state index in [1.807, 2.05) is 30.3 Å². The van der Waals surface area contributed by atoms with E-state index in [4.69, 9.17) is 9.47 Å². The number of amides is 2. The maximum Gasteiger partial charge on any atom is 0.408 e. The number of aliphatic carboxylic acids is 1. The van der Waals surface area contributed by atoms with Crippen molar-refractivity contribution in [2.75, 3.05) is 13.2 Å². The summed E-state index contributed by atoms with van der Waals surface area (Å²) in [5, 5.41) is 11.9. The predicted octanol–water partition coefficient (Wildman–Crippen LogP) is 1.00. The van der Waals surface area contributed by atoms with Crippen LogP contribution in [0, 0.1) is 5.92 Å². The number of nitrogens with one attached hydrogen (secondary N) is 1. The summed E-state index contributed by atoms with van der Waals surface area (Å²) < 4.78 is 10.5. The van der Waals surface area contributed by atoms with Crippen LogP contribution in [0.15, 0.2) is 30.3 Å². The number of hydrogen-bond donors (Lipinski definition) is 2. The number of carboxylic acid groups (broad SMARTS) is 1. The number of ether oxygens (including phenoxy) is 2. The van der Waals surface area contributed by atoms with Crippen LogP contribution in [0.25, 0.3) is 0 Å². The Bertz CT molecular complexity index is 680. The van der Waals surface area contributed by atoms with E-state index in [0.29, 0.717) is 19.6 Å². The normalized spacial score (nSPS) is 25.4. The molecule has 8 heteroatoms. The highest BCUT2D eigenvalue weighted by Crippen LogP contribution is 2.35. The van der Waals surface area contributed by atoms with Gasteiger partial charge < -0.3 is 24.8 Å². The van der Waals surface area contributed by atoms with Gasteiger partial charge in [-0.2, -0.15) is 0 Å². The molecule has 2 heterocycles. The van der Waals surface area contributed by atoms with Gasteiger partial charge in [-0.3, -0.25) is 4.79 Å². The van der Waals surface area contributed by atoms with Crippen LogP contribution < -0.4 is 5.32 Å². The van der Waals surface area contributed by atoms with Crippen molar-refractivity contribution in [3.8, 4) is 0 Å². The standard InChI is InChI=1S/C18H22N2O6/c1-11(19-18(24)26-8-12-5-3-2-4-6-12)16(21)20-14(17(22)23)7-13-9-25-10-15(13)20/h2-6,11,13-15H,7-10H2,1H3,(H,19,24)(H,22,23)/t11-,13?,14+,15?/m0/s1. The lowest BCUT2D eigenvalue weighted by atomic mass is 10.0. The summed E-state index contributed by atoms with van der Waals surface area (Å²) in [6, 6.07) is 7.15. The van der Waals surface area contributed by atoms with Gasteiger partial charge in [-0.25, -0.2) is 9.59 Å². The molecule has 2 unspecified atom stereocenters. The molecule has 0 bridgehead atoms. The SMILES string of the molecule is C[C@H](NC(=O)OCc1ccccc1)C(=O)N1C2COCC2C[C@@H]1C(=O)O. The Morgan fingerprint density at radius 1 is 1.31 bits per heavy atom. The first-order valence-electron chi connectivity index (χ1n) is 8.57. The van der Waals surface area contributed by atoms with Crippen LogP contribution in [0.4, 0.5) is 4.79 Å². The van der Waals surface area contributed by atoms with E-state index in [0.717, 1.165) is 5.56 Å². The van der Waals surface area contributed by atoms with E-state index < -0.39 is 30.1 Å². The zero-order valence-electron chi connectivity index (χ0n) is 14.5. The summed E-state index contributed by atoms with van der Waals surface area (Å²) in [6.07, 6.45) is -0.350. The maximum atomic E-state index is 12.7.